The summed E-state index contributed by atoms with van der Waals surface area (Å²) < 4.78 is 0.884. The summed E-state index contributed by atoms with van der Waals surface area (Å²) in [4.78, 5) is 9.44. The molecule has 0 aliphatic rings. The van der Waals surface area contributed by atoms with Crippen LogP contribution in [0.1, 0.15) is 13.8 Å². The van der Waals surface area contributed by atoms with Gasteiger partial charge in [0.1, 0.15) is 0 Å². The van der Waals surface area contributed by atoms with Crippen molar-refractivity contribution < 1.29 is 4.92 Å². The van der Waals surface area contributed by atoms with E-state index in [0.29, 0.717) is 0 Å². The van der Waals surface area contributed by atoms with Crippen molar-refractivity contribution in [1.29, 1.82) is 0 Å². The van der Waals surface area contributed by atoms with Crippen LogP contribution in [0.3, 0.4) is 0 Å². The van der Waals surface area contributed by atoms with Crippen LogP contribution < -0.4 is 0 Å². The van der Waals surface area contributed by atoms with Crippen LogP contribution in [-0.2, 0) is 0 Å². The summed E-state index contributed by atoms with van der Waals surface area (Å²) in [6.45, 7) is 3.92. The number of nitro groups is 1. The van der Waals surface area contributed by atoms with Crippen LogP contribution in [0.15, 0.2) is 12.3 Å². The number of alkyl halides is 1. The van der Waals surface area contributed by atoms with Crippen molar-refractivity contribution in [2.45, 2.75) is 13.8 Å². The molecule has 4 heteroatoms. The van der Waals surface area contributed by atoms with Crippen molar-refractivity contribution in [1.82, 2.24) is 0 Å². The Morgan fingerprint density at radius 2 is 2.20 bits per heavy atom. The quantitative estimate of drug-likeness (QED) is 0.336. The van der Waals surface area contributed by atoms with Gasteiger partial charge in [-0.1, -0.05) is 36.4 Å². The van der Waals surface area contributed by atoms with Crippen LogP contribution in [-0.4, -0.2) is 9.35 Å². The second kappa shape index (κ2) is 3.90. The third-order valence-corrected chi connectivity index (χ3v) is 2.96. The van der Waals surface area contributed by atoms with Gasteiger partial charge in [0.2, 0.25) is 6.20 Å². The van der Waals surface area contributed by atoms with Crippen molar-refractivity contribution in [2.24, 2.45) is 5.41 Å². The summed E-state index contributed by atoms with van der Waals surface area (Å²) >= 11 is 2.20. The Morgan fingerprint density at radius 3 is 2.50 bits per heavy atom. The maximum atomic E-state index is 9.88. The van der Waals surface area contributed by atoms with Crippen molar-refractivity contribution in [3.63, 3.8) is 0 Å². The minimum Gasteiger partial charge on any atom is -0.259 e. The smallest absolute Gasteiger partial charge is 0.231 e. The molecule has 10 heavy (non-hydrogen) atoms. The SMILES string of the molecule is CC(C)(/C=C/[N+](=O)[O-])CI. The third-order valence-electron chi connectivity index (χ3n) is 0.992. The molecule has 0 amide bonds. The van der Waals surface area contributed by atoms with E-state index in [4.69, 9.17) is 0 Å². The van der Waals surface area contributed by atoms with Crippen molar-refractivity contribution in [2.75, 3.05) is 4.43 Å². The molecule has 0 aromatic carbocycles. The Balaban J connectivity index is 3.99. The molecule has 58 valence electrons. The van der Waals surface area contributed by atoms with Crippen LogP contribution in [0, 0.1) is 15.5 Å². The van der Waals surface area contributed by atoms with Gasteiger partial charge in [-0.25, -0.2) is 0 Å². The van der Waals surface area contributed by atoms with Gasteiger partial charge in [0.05, 0.1) is 4.92 Å². The molecule has 0 radical (unpaired) electrons. The molecule has 0 spiro atoms. The molecule has 0 aromatic rings. The van der Waals surface area contributed by atoms with Gasteiger partial charge in [-0.3, -0.25) is 10.1 Å². The maximum absolute atomic E-state index is 9.88. The lowest BCUT2D eigenvalue weighted by molar-refractivity contribution is -0.403. The first-order valence-corrected chi connectivity index (χ1v) is 4.39. The molecule has 0 saturated carbocycles. The fourth-order valence-corrected chi connectivity index (χ4v) is 0.561. The van der Waals surface area contributed by atoms with Gasteiger partial charge in [0, 0.05) is 4.43 Å². The first-order chi connectivity index (χ1) is 4.48. The average molecular weight is 255 g/mol. The van der Waals surface area contributed by atoms with Gasteiger partial charge in [-0.15, -0.1) is 0 Å². The fraction of sp³-hybridized carbons (Fsp3) is 0.667. The molecule has 0 heterocycles. The van der Waals surface area contributed by atoms with Gasteiger partial charge < -0.3 is 0 Å². The van der Waals surface area contributed by atoms with Crippen LogP contribution in [0.5, 0.6) is 0 Å². The summed E-state index contributed by atoms with van der Waals surface area (Å²) in [5, 5.41) is 9.88. The number of hydrogen-bond donors (Lipinski definition) is 0. The second-order valence-corrected chi connectivity index (χ2v) is 3.49. The molecule has 0 bridgehead atoms. The standard InChI is InChI=1S/C6H10INO2/c1-6(2,5-7)3-4-8(9)10/h3-4H,5H2,1-2H3/b4-3+. The van der Waals surface area contributed by atoms with Gasteiger partial charge in [0.15, 0.2) is 0 Å². The lowest BCUT2D eigenvalue weighted by atomic mass is 9.97. The Labute approximate surface area is 73.8 Å². The Hall–Kier alpha value is -0.130. The molecule has 0 unspecified atom stereocenters. The number of halogens is 1. The molecule has 0 aromatic heterocycles. The zero-order valence-corrected chi connectivity index (χ0v) is 8.16. The van der Waals surface area contributed by atoms with E-state index < -0.39 is 4.92 Å². The fourth-order valence-electron chi connectivity index (χ4n) is 0.307. The van der Waals surface area contributed by atoms with E-state index >= 15 is 0 Å². The van der Waals surface area contributed by atoms with Crippen molar-refractivity contribution >= 4 is 22.6 Å². The highest BCUT2D eigenvalue weighted by molar-refractivity contribution is 14.1. The van der Waals surface area contributed by atoms with Crippen molar-refractivity contribution in [3.8, 4) is 0 Å². The van der Waals surface area contributed by atoms with Crippen molar-refractivity contribution in [3.05, 3.63) is 22.4 Å². The highest BCUT2D eigenvalue weighted by atomic mass is 127. The molecular weight excluding hydrogens is 245 g/mol. The van der Waals surface area contributed by atoms with Crippen LogP contribution >= 0.6 is 22.6 Å². The highest BCUT2D eigenvalue weighted by Gasteiger charge is 2.12. The molecule has 0 aliphatic heterocycles. The molecule has 0 fully saturated rings. The van der Waals surface area contributed by atoms with Gasteiger partial charge in [0.25, 0.3) is 0 Å². The molecule has 0 aliphatic carbocycles. The average Bonchev–Trinajstić information content (AvgIpc) is 1.85. The lowest BCUT2D eigenvalue weighted by Gasteiger charge is -2.13. The minimum atomic E-state index is -0.436. The number of nitrogens with zero attached hydrogens (tertiary/aromatic N) is 1. The highest BCUT2D eigenvalue weighted by Crippen LogP contribution is 2.19. The third kappa shape index (κ3) is 4.72. The zero-order chi connectivity index (χ0) is 8.20. The Kier molecular flexibility index (Phi) is 3.85. The molecule has 0 atom stereocenters. The van der Waals surface area contributed by atoms with Gasteiger partial charge in [-0.05, 0) is 11.5 Å². The first kappa shape index (κ1) is 9.87. The summed E-state index contributed by atoms with van der Waals surface area (Å²) in [6, 6.07) is 0. The topological polar surface area (TPSA) is 43.1 Å². The lowest BCUT2D eigenvalue weighted by Crippen LogP contribution is -2.08. The largest absolute Gasteiger partial charge is 0.259 e. The Bertz CT molecular complexity index is 154. The molecule has 0 N–H and O–H groups in total. The number of allylic oxidation sites excluding steroid dienone is 1. The Morgan fingerprint density at radius 1 is 1.70 bits per heavy atom. The monoisotopic (exact) mass is 255 g/mol. The molecule has 3 nitrogen and oxygen atoms in total. The van der Waals surface area contributed by atoms with Crippen LogP contribution in [0.4, 0.5) is 0 Å². The molecule has 0 rings (SSSR count). The summed E-state index contributed by atoms with van der Waals surface area (Å²) in [5.74, 6) is 0. The number of hydrogen-bond acceptors (Lipinski definition) is 2. The predicted octanol–water partition coefficient (Wildman–Crippen LogP) is 2.24. The summed E-state index contributed by atoms with van der Waals surface area (Å²) in [7, 11) is 0. The second-order valence-electron chi connectivity index (χ2n) is 2.72. The van der Waals surface area contributed by atoms with E-state index in [-0.39, 0.29) is 5.41 Å². The van der Waals surface area contributed by atoms with E-state index in [0.717, 1.165) is 10.6 Å². The van der Waals surface area contributed by atoms with Crippen LogP contribution in [0.25, 0.3) is 0 Å². The first-order valence-electron chi connectivity index (χ1n) is 2.87. The van der Waals surface area contributed by atoms with Crippen LogP contribution in [0.2, 0.25) is 0 Å². The molecular formula is C6H10INO2. The summed E-state index contributed by atoms with van der Waals surface area (Å²) in [6.07, 6.45) is 2.61. The predicted molar refractivity (Wildman–Crippen MR) is 48.8 cm³/mol. The summed E-state index contributed by atoms with van der Waals surface area (Å²) in [5.41, 5.74) is -0.0619. The van der Waals surface area contributed by atoms with E-state index in [2.05, 4.69) is 22.6 Å². The van der Waals surface area contributed by atoms with E-state index in [1.807, 2.05) is 13.8 Å². The van der Waals surface area contributed by atoms with E-state index in [1.165, 1.54) is 0 Å². The maximum Gasteiger partial charge on any atom is 0.231 e. The molecule has 0 saturated heterocycles. The number of rotatable bonds is 3. The van der Waals surface area contributed by atoms with E-state index in [9.17, 15) is 10.1 Å². The zero-order valence-electron chi connectivity index (χ0n) is 6.00. The van der Waals surface area contributed by atoms with Gasteiger partial charge >= 0.3 is 0 Å². The van der Waals surface area contributed by atoms with E-state index in [1.54, 1.807) is 6.08 Å². The minimum absolute atomic E-state index is 0.0619. The normalized spacial score (nSPS) is 12.3. The van der Waals surface area contributed by atoms with Gasteiger partial charge in [-0.2, -0.15) is 0 Å².